The maximum Gasteiger partial charge on any atom is 0.330 e. The number of rotatable bonds is 6. The molecule has 4 aromatic rings. The van der Waals surface area contributed by atoms with Crippen LogP contribution in [-0.2, 0) is 10.2 Å². The number of H-pyrrole nitrogens is 1. The number of aliphatic hydroxyl groups is 3. The molecule has 0 spiro atoms. The summed E-state index contributed by atoms with van der Waals surface area (Å²) in [4.78, 5) is 27.5. The van der Waals surface area contributed by atoms with E-state index in [1.54, 1.807) is 0 Å². The highest BCUT2D eigenvalue weighted by Crippen LogP contribution is 2.56. The number of nitrogens with zero attached hydrogens (tertiary/aromatic N) is 1. The number of hydrogen-bond donors (Lipinski definition) is 4. The Bertz CT molecular complexity index is 1390. The Morgan fingerprint density at radius 2 is 1.35 bits per heavy atom. The van der Waals surface area contributed by atoms with Crippen LogP contribution in [0.15, 0.2) is 107 Å². The van der Waals surface area contributed by atoms with Gasteiger partial charge < -0.3 is 20.1 Å². The molecule has 1 aliphatic rings. The number of aryl methyl sites for hydroxylation is 1. The van der Waals surface area contributed by atoms with Gasteiger partial charge in [-0.15, -0.1) is 0 Å². The Hall–Kier alpha value is -3.82. The first-order valence-corrected chi connectivity index (χ1v) is 12.0. The second kappa shape index (κ2) is 9.57. The third kappa shape index (κ3) is 3.69. The molecule has 0 saturated carbocycles. The maximum absolute atomic E-state index is 13.1. The summed E-state index contributed by atoms with van der Waals surface area (Å²) in [6.45, 7) is 0.924. The van der Waals surface area contributed by atoms with Crippen molar-refractivity contribution < 1.29 is 20.1 Å². The van der Waals surface area contributed by atoms with Crippen molar-refractivity contribution in [3.8, 4) is 0 Å². The summed E-state index contributed by atoms with van der Waals surface area (Å²) in [6, 6.07) is 27.6. The lowest BCUT2D eigenvalue weighted by molar-refractivity contribution is -0.139. The molecule has 1 aliphatic heterocycles. The Balaban J connectivity index is 1.94. The molecule has 37 heavy (non-hydrogen) atoms. The first-order chi connectivity index (χ1) is 17.9. The standard InChI is InChI=1S/C29H28N2O6/c1-19-17-31(27(35)30-25(19)34)26-29(36,24(33)23(18-32)37-26)28(20-11-5-2-6-12-20,21-13-7-3-8-14-21)22-15-9-4-10-16-22/h2-17,23-24,26,32-33,36H,18H2,1H3,(H,30,34,35)/t23-,24-,26-,29-/m1/s1. The molecule has 8 nitrogen and oxygen atoms in total. The molecule has 0 amide bonds. The van der Waals surface area contributed by atoms with Crippen molar-refractivity contribution in [2.75, 3.05) is 6.61 Å². The molecule has 4 atom stereocenters. The largest absolute Gasteiger partial charge is 0.394 e. The lowest BCUT2D eigenvalue weighted by Crippen LogP contribution is -2.63. The fourth-order valence-corrected chi connectivity index (χ4v) is 5.62. The number of nitrogens with one attached hydrogen (secondary N) is 1. The highest BCUT2D eigenvalue weighted by molar-refractivity contribution is 5.55. The molecule has 1 saturated heterocycles. The molecular weight excluding hydrogens is 472 g/mol. The number of aliphatic hydroxyl groups excluding tert-OH is 2. The molecule has 8 heteroatoms. The summed E-state index contributed by atoms with van der Waals surface area (Å²) in [5, 5.41) is 34.9. The zero-order valence-electron chi connectivity index (χ0n) is 20.2. The topological polar surface area (TPSA) is 125 Å². The maximum atomic E-state index is 13.1. The summed E-state index contributed by atoms with van der Waals surface area (Å²) in [5.41, 5.74) is -2.97. The molecule has 4 N–H and O–H groups in total. The highest BCUT2D eigenvalue weighted by atomic mass is 16.6. The minimum absolute atomic E-state index is 0.220. The zero-order valence-corrected chi connectivity index (χ0v) is 20.2. The SMILES string of the molecule is Cc1cn([C@@H]2O[C@H](CO)[C@@H](O)[C@]2(O)C(c2ccccc2)(c2ccccc2)c2ccccc2)c(=O)[nH]c1=O. The monoisotopic (exact) mass is 500 g/mol. The molecule has 0 aliphatic carbocycles. The van der Waals surface area contributed by atoms with Gasteiger partial charge in [-0.05, 0) is 23.6 Å². The Morgan fingerprint density at radius 1 is 0.892 bits per heavy atom. The third-order valence-electron chi connectivity index (χ3n) is 7.28. The summed E-state index contributed by atoms with van der Waals surface area (Å²) in [6.07, 6.45) is -3.04. The van der Waals surface area contributed by atoms with E-state index in [0.29, 0.717) is 16.7 Å². The van der Waals surface area contributed by atoms with E-state index in [4.69, 9.17) is 4.74 Å². The lowest BCUT2D eigenvalue weighted by Gasteiger charge is -2.50. The van der Waals surface area contributed by atoms with Crippen molar-refractivity contribution in [3.63, 3.8) is 0 Å². The van der Waals surface area contributed by atoms with E-state index in [-0.39, 0.29) is 5.56 Å². The molecule has 190 valence electrons. The van der Waals surface area contributed by atoms with E-state index in [0.717, 1.165) is 4.57 Å². The van der Waals surface area contributed by atoms with Gasteiger partial charge in [0, 0.05) is 11.8 Å². The van der Waals surface area contributed by atoms with Crippen LogP contribution >= 0.6 is 0 Å². The number of benzene rings is 3. The van der Waals surface area contributed by atoms with E-state index in [1.165, 1.54) is 13.1 Å². The van der Waals surface area contributed by atoms with Crippen LogP contribution in [0.4, 0.5) is 0 Å². The zero-order chi connectivity index (χ0) is 26.2. The number of hydrogen-bond acceptors (Lipinski definition) is 6. The van der Waals surface area contributed by atoms with E-state index in [2.05, 4.69) is 4.98 Å². The van der Waals surface area contributed by atoms with Gasteiger partial charge in [-0.3, -0.25) is 14.3 Å². The highest BCUT2D eigenvalue weighted by Gasteiger charge is 2.68. The fourth-order valence-electron chi connectivity index (χ4n) is 5.62. The Kier molecular flexibility index (Phi) is 6.43. The summed E-state index contributed by atoms with van der Waals surface area (Å²) < 4.78 is 7.14. The van der Waals surface area contributed by atoms with Crippen LogP contribution in [0.5, 0.6) is 0 Å². The van der Waals surface area contributed by atoms with Crippen LogP contribution in [-0.4, -0.2) is 49.3 Å². The van der Waals surface area contributed by atoms with Crippen molar-refractivity contribution in [1.82, 2.24) is 9.55 Å². The molecule has 0 radical (unpaired) electrons. The van der Waals surface area contributed by atoms with Gasteiger partial charge in [0.2, 0.25) is 0 Å². The fraction of sp³-hybridized carbons (Fsp3) is 0.241. The quantitative estimate of drug-likeness (QED) is 0.300. The average molecular weight is 501 g/mol. The van der Waals surface area contributed by atoms with E-state index < -0.39 is 47.3 Å². The third-order valence-corrected chi connectivity index (χ3v) is 7.28. The molecule has 0 unspecified atom stereocenters. The molecule has 5 rings (SSSR count). The predicted octanol–water partition coefficient (Wildman–Crippen LogP) is 1.86. The van der Waals surface area contributed by atoms with Crippen LogP contribution in [0.3, 0.4) is 0 Å². The van der Waals surface area contributed by atoms with Gasteiger partial charge in [-0.1, -0.05) is 91.0 Å². The van der Waals surface area contributed by atoms with Gasteiger partial charge in [-0.2, -0.15) is 0 Å². The second-order valence-electron chi connectivity index (χ2n) is 9.31. The molecule has 3 aromatic carbocycles. The molecular formula is C29H28N2O6. The van der Waals surface area contributed by atoms with Gasteiger partial charge in [-0.25, -0.2) is 4.79 Å². The van der Waals surface area contributed by atoms with Crippen LogP contribution in [0.1, 0.15) is 28.5 Å². The van der Waals surface area contributed by atoms with Gasteiger partial charge in [0.05, 0.1) is 12.0 Å². The van der Waals surface area contributed by atoms with Crippen molar-refractivity contribution in [3.05, 3.63) is 140 Å². The van der Waals surface area contributed by atoms with E-state index in [9.17, 15) is 24.9 Å². The van der Waals surface area contributed by atoms with Crippen molar-refractivity contribution in [2.45, 2.75) is 36.4 Å². The van der Waals surface area contributed by atoms with E-state index >= 15 is 0 Å². The normalized spacial score (nSPS) is 23.7. The molecule has 0 bridgehead atoms. The second-order valence-corrected chi connectivity index (χ2v) is 9.31. The number of ether oxygens (including phenoxy) is 1. The van der Waals surface area contributed by atoms with Gasteiger partial charge >= 0.3 is 5.69 Å². The average Bonchev–Trinajstić information content (AvgIpc) is 3.19. The van der Waals surface area contributed by atoms with Crippen molar-refractivity contribution in [1.29, 1.82) is 0 Å². The lowest BCUT2D eigenvalue weighted by atomic mass is 9.57. The summed E-state index contributed by atoms with van der Waals surface area (Å²) >= 11 is 0. The molecule has 2 heterocycles. The van der Waals surface area contributed by atoms with Crippen molar-refractivity contribution in [2.24, 2.45) is 0 Å². The van der Waals surface area contributed by atoms with Gasteiger partial charge in [0.1, 0.15) is 12.2 Å². The van der Waals surface area contributed by atoms with Crippen LogP contribution in [0.25, 0.3) is 0 Å². The Morgan fingerprint density at radius 3 is 1.78 bits per heavy atom. The number of aromatic amines is 1. The first kappa shape index (κ1) is 24.9. The van der Waals surface area contributed by atoms with Crippen molar-refractivity contribution >= 4 is 0 Å². The summed E-state index contributed by atoms with van der Waals surface area (Å²) in [7, 11) is 0. The molecule has 1 fully saturated rings. The minimum atomic E-state index is -2.24. The Labute approximate surface area is 213 Å². The van der Waals surface area contributed by atoms with Crippen LogP contribution in [0, 0.1) is 6.92 Å². The van der Waals surface area contributed by atoms with Crippen LogP contribution in [0.2, 0.25) is 0 Å². The summed E-state index contributed by atoms with van der Waals surface area (Å²) in [5.74, 6) is 0. The van der Waals surface area contributed by atoms with E-state index in [1.807, 2.05) is 91.0 Å². The number of aromatic nitrogens is 2. The van der Waals surface area contributed by atoms with Gasteiger partial charge in [0.25, 0.3) is 5.56 Å². The predicted molar refractivity (Wildman–Crippen MR) is 137 cm³/mol. The van der Waals surface area contributed by atoms with Gasteiger partial charge in [0.15, 0.2) is 11.8 Å². The van der Waals surface area contributed by atoms with Crippen LogP contribution < -0.4 is 11.2 Å². The smallest absolute Gasteiger partial charge is 0.330 e. The first-order valence-electron chi connectivity index (χ1n) is 12.0. The molecule has 1 aromatic heterocycles. The minimum Gasteiger partial charge on any atom is -0.394 e.